The smallest absolute Gasteiger partial charge is 0.341 e. The van der Waals surface area contributed by atoms with Gasteiger partial charge in [-0.3, -0.25) is 4.79 Å². The van der Waals surface area contributed by atoms with Gasteiger partial charge in [-0.15, -0.1) is 0 Å². The molecule has 1 aliphatic rings. The molecule has 8 nitrogen and oxygen atoms in total. The number of esters is 1. The van der Waals surface area contributed by atoms with Crippen LogP contribution in [0.5, 0.6) is 0 Å². The number of carbonyl (C=O) groups excluding carboxylic acids is 2. The monoisotopic (exact) mass is 448 g/mol. The Morgan fingerprint density at radius 2 is 1.77 bits per heavy atom. The normalized spacial score (nSPS) is 15.0. The predicted octanol–water partition coefficient (Wildman–Crippen LogP) is 3.13. The van der Waals surface area contributed by atoms with Crippen molar-refractivity contribution in [3.8, 4) is 0 Å². The van der Waals surface area contributed by atoms with E-state index in [1.807, 2.05) is 0 Å². The van der Waals surface area contributed by atoms with E-state index in [0.717, 1.165) is 19.3 Å². The molecule has 2 aromatic rings. The van der Waals surface area contributed by atoms with Crippen LogP contribution in [0.1, 0.15) is 57.1 Å². The van der Waals surface area contributed by atoms with E-state index in [1.54, 1.807) is 39.1 Å². The topological polar surface area (TPSA) is 97.1 Å². The Morgan fingerprint density at radius 3 is 2.42 bits per heavy atom. The molecule has 1 aromatic carbocycles. The van der Waals surface area contributed by atoms with E-state index in [4.69, 9.17) is 9.15 Å². The minimum Gasteiger partial charge on any atom is -0.465 e. The fourth-order valence-electron chi connectivity index (χ4n) is 3.69. The van der Waals surface area contributed by atoms with Crippen LogP contribution < -0.4 is 0 Å². The first kappa shape index (κ1) is 23.0. The molecular weight excluding hydrogens is 420 g/mol. The fourth-order valence-corrected chi connectivity index (χ4v) is 5.24. The molecule has 31 heavy (non-hydrogen) atoms. The van der Waals surface area contributed by atoms with Gasteiger partial charge in [-0.2, -0.15) is 4.31 Å². The first-order valence-electron chi connectivity index (χ1n) is 10.2. The summed E-state index contributed by atoms with van der Waals surface area (Å²) in [5.74, 6) is 0.00630. The number of hydrogen-bond donors (Lipinski definition) is 0. The summed E-state index contributed by atoms with van der Waals surface area (Å²) >= 11 is 0. The zero-order chi connectivity index (χ0) is 22.8. The van der Waals surface area contributed by atoms with Crippen molar-refractivity contribution in [2.45, 2.75) is 44.6 Å². The molecule has 0 saturated carbocycles. The van der Waals surface area contributed by atoms with Gasteiger partial charge in [-0.25, -0.2) is 13.2 Å². The molecule has 1 amide bonds. The van der Waals surface area contributed by atoms with Crippen molar-refractivity contribution in [1.29, 1.82) is 0 Å². The minimum atomic E-state index is -3.64. The molecule has 9 heteroatoms. The summed E-state index contributed by atoms with van der Waals surface area (Å²) in [6, 6.07) is 6.21. The number of methoxy groups -OCH3 is 1. The number of ether oxygens (including phenoxy) is 1. The van der Waals surface area contributed by atoms with Gasteiger partial charge < -0.3 is 14.1 Å². The van der Waals surface area contributed by atoms with E-state index < -0.39 is 16.0 Å². The van der Waals surface area contributed by atoms with Crippen LogP contribution in [0.2, 0.25) is 0 Å². The van der Waals surface area contributed by atoms with Gasteiger partial charge in [0.25, 0.3) is 5.91 Å². The molecule has 0 unspecified atom stereocenters. The van der Waals surface area contributed by atoms with E-state index in [2.05, 4.69) is 0 Å². The van der Waals surface area contributed by atoms with E-state index in [1.165, 1.54) is 22.4 Å². The third-order valence-electron chi connectivity index (χ3n) is 5.51. The fraction of sp³-hybridized carbons (Fsp3) is 0.455. The summed E-state index contributed by atoms with van der Waals surface area (Å²) in [5.41, 5.74) is 1.31. The van der Waals surface area contributed by atoms with Crippen molar-refractivity contribution >= 4 is 21.9 Å². The van der Waals surface area contributed by atoms with E-state index >= 15 is 0 Å². The summed E-state index contributed by atoms with van der Waals surface area (Å²) in [5, 5.41) is 0. The number of sulfonamides is 1. The summed E-state index contributed by atoms with van der Waals surface area (Å²) in [6.07, 6.45) is 2.71. The number of furan rings is 1. The molecule has 0 spiro atoms. The lowest BCUT2D eigenvalue weighted by Gasteiger charge is -2.26. The molecular formula is C22H28N2O6S. The van der Waals surface area contributed by atoms with Crippen molar-refractivity contribution in [3.63, 3.8) is 0 Å². The quantitative estimate of drug-likeness (QED) is 0.630. The molecule has 1 aliphatic heterocycles. The molecule has 2 heterocycles. The summed E-state index contributed by atoms with van der Waals surface area (Å²) in [4.78, 5) is 26.4. The number of aryl methyl sites for hydroxylation is 2. The van der Waals surface area contributed by atoms with Gasteiger partial charge >= 0.3 is 5.97 Å². The van der Waals surface area contributed by atoms with Gasteiger partial charge in [-0.05, 0) is 50.5 Å². The average molecular weight is 449 g/mol. The maximum atomic E-state index is 13.1. The number of amides is 1. The van der Waals surface area contributed by atoms with Crippen molar-refractivity contribution in [3.05, 3.63) is 52.5 Å². The highest BCUT2D eigenvalue weighted by molar-refractivity contribution is 7.89. The van der Waals surface area contributed by atoms with Crippen LogP contribution in [-0.4, -0.2) is 56.7 Å². The Bertz CT molecular complexity index is 1080. The first-order chi connectivity index (χ1) is 14.6. The van der Waals surface area contributed by atoms with Gasteiger partial charge in [-0.1, -0.05) is 12.5 Å². The van der Waals surface area contributed by atoms with Gasteiger partial charge in [0.05, 0.1) is 18.6 Å². The van der Waals surface area contributed by atoms with Crippen LogP contribution in [0.25, 0.3) is 0 Å². The number of rotatable bonds is 6. The summed E-state index contributed by atoms with van der Waals surface area (Å²) < 4.78 is 37.8. The maximum absolute atomic E-state index is 13.1. The van der Waals surface area contributed by atoms with E-state index in [9.17, 15) is 18.0 Å². The largest absolute Gasteiger partial charge is 0.465 e. The minimum absolute atomic E-state index is 0.124. The lowest BCUT2D eigenvalue weighted by molar-refractivity contribution is 0.0598. The van der Waals surface area contributed by atoms with E-state index in [0.29, 0.717) is 41.3 Å². The van der Waals surface area contributed by atoms with Crippen LogP contribution in [-0.2, 0) is 21.3 Å². The van der Waals surface area contributed by atoms with Crippen LogP contribution in [0.15, 0.2) is 33.6 Å². The molecule has 0 radical (unpaired) electrons. The Balaban J connectivity index is 1.83. The molecule has 0 aliphatic carbocycles. The third-order valence-corrected chi connectivity index (χ3v) is 7.40. The van der Waals surface area contributed by atoms with Gasteiger partial charge in [0, 0.05) is 25.7 Å². The lowest BCUT2D eigenvalue weighted by Crippen LogP contribution is -2.35. The van der Waals surface area contributed by atoms with Crippen molar-refractivity contribution in [2.75, 3.05) is 27.2 Å². The highest BCUT2D eigenvalue weighted by Crippen LogP contribution is 2.24. The SMILES string of the molecule is COC(=O)c1cc(CN(C)C(=O)c2cc(S(=O)(=O)N3CCCCC3)ccc2C)oc1C. The first-order valence-corrected chi connectivity index (χ1v) is 11.6. The van der Waals surface area contributed by atoms with Crippen molar-refractivity contribution in [1.82, 2.24) is 9.21 Å². The van der Waals surface area contributed by atoms with Crippen LogP contribution >= 0.6 is 0 Å². The van der Waals surface area contributed by atoms with Crippen LogP contribution in [0.4, 0.5) is 0 Å². The Hall–Kier alpha value is -2.65. The summed E-state index contributed by atoms with van der Waals surface area (Å²) in [6.45, 7) is 4.54. The molecule has 0 bridgehead atoms. The van der Waals surface area contributed by atoms with Gasteiger partial charge in [0.1, 0.15) is 17.1 Å². The maximum Gasteiger partial charge on any atom is 0.341 e. The number of nitrogens with zero attached hydrogens (tertiary/aromatic N) is 2. The lowest BCUT2D eigenvalue weighted by atomic mass is 10.1. The number of piperidine rings is 1. The standard InChI is InChI=1S/C22H28N2O6S/c1-15-8-9-18(31(27,28)24-10-6-5-7-11-24)13-19(15)21(25)23(3)14-17-12-20(16(2)30-17)22(26)29-4/h8-9,12-13H,5-7,10-11,14H2,1-4H3. The molecule has 1 aromatic heterocycles. The second kappa shape index (κ2) is 9.23. The number of hydrogen-bond acceptors (Lipinski definition) is 6. The summed E-state index contributed by atoms with van der Waals surface area (Å²) in [7, 11) is -0.752. The van der Waals surface area contributed by atoms with Crippen molar-refractivity contribution < 1.29 is 27.2 Å². The van der Waals surface area contributed by atoms with Crippen molar-refractivity contribution in [2.24, 2.45) is 0 Å². The predicted molar refractivity (Wildman–Crippen MR) is 114 cm³/mol. The molecule has 168 valence electrons. The van der Waals surface area contributed by atoms with E-state index in [-0.39, 0.29) is 17.3 Å². The third kappa shape index (κ3) is 4.83. The Kier molecular flexibility index (Phi) is 6.86. The van der Waals surface area contributed by atoms with Gasteiger partial charge in [0.2, 0.25) is 10.0 Å². The molecule has 3 rings (SSSR count). The number of carbonyl (C=O) groups is 2. The zero-order valence-corrected chi connectivity index (χ0v) is 19.1. The molecule has 1 fully saturated rings. The van der Waals surface area contributed by atoms with Crippen LogP contribution in [0.3, 0.4) is 0 Å². The second-order valence-corrected chi connectivity index (χ2v) is 9.71. The molecule has 0 N–H and O–H groups in total. The Labute approximate surface area is 182 Å². The number of benzene rings is 1. The highest BCUT2D eigenvalue weighted by Gasteiger charge is 2.28. The highest BCUT2D eigenvalue weighted by atomic mass is 32.2. The zero-order valence-electron chi connectivity index (χ0n) is 18.3. The average Bonchev–Trinajstić information content (AvgIpc) is 3.13. The van der Waals surface area contributed by atoms with Gasteiger partial charge in [0.15, 0.2) is 0 Å². The second-order valence-electron chi connectivity index (χ2n) is 7.78. The molecule has 1 saturated heterocycles. The Morgan fingerprint density at radius 1 is 1.10 bits per heavy atom. The molecule has 0 atom stereocenters. The van der Waals surface area contributed by atoms with Crippen LogP contribution in [0, 0.1) is 13.8 Å².